The first kappa shape index (κ1) is 32.3. The summed E-state index contributed by atoms with van der Waals surface area (Å²) >= 11 is 0. The molecule has 0 aromatic carbocycles. The molecule has 34 heavy (non-hydrogen) atoms. The summed E-state index contributed by atoms with van der Waals surface area (Å²) in [4.78, 5) is 0. The fourth-order valence-corrected chi connectivity index (χ4v) is 1.86. The van der Waals surface area contributed by atoms with Gasteiger partial charge in [-0.05, 0) is 0 Å². The fraction of sp³-hybridized carbons (Fsp3) is 0.750. The first-order valence-electron chi connectivity index (χ1n) is 7.70. The van der Waals surface area contributed by atoms with E-state index in [-0.39, 0.29) is 0 Å². The van der Waals surface area contributed by atoms with E-state index in [0.717, 1.165) is 17.1 Å². The Morgan fingerprint density at radius 3 is 1.29 bits per heavy atom. The number of alkyl halides is 13. The Morgan fingerprint density at radius 2 is 1.00 bits per heavy atom. The van der Waals surface area contributed by atoms with Crippen molar-refractivity contribution in [3.8, 4) is 0 Å². The number of hydrogen-bond donors (Lipinski definition) is 0. The number of halogens is 19. The zero-order chi connectivity index (χ0) is 28.1. The average molecular weight is 574 g/mol. The van der Waals surface area contributed by atoms with Gasteiger partial charge in [0.15, 0.2) is 0 Å². The number of rotatable bonds is 7. The number of nitrogens with zero attached hydrogens (tertiary/aromatic N) is 2. The summed E-state index contributed by atoms with van der Waals surface area (Å²) < 4.78 is 229. The van der Waals surface area contributed by atoms with Crippen molar-refractivity contribution in [3.05, 3.63) is 18.7 Å². The molecule has 1 rings (SSSR count). The summed E-state index contributed by atoms with van der Waals surface area (Å²) in [6.07, 6.45) is -6.45. The maximum absolute atomic E-state index is 13.5. The third kappa shape index (κ3) is 7.66. The molecule has 0 saturated carbocycles. The Morgan fingerprint density at radius 1 is 0.647 bits per heavy atom. The molecular formula is C12H10F19N2P. The number of hydrogen-bond acceptors (Lipinski definition) is 0. The van der Waals surface area contributed by atoms with Crippen LogP contribution in [0.3, 0.4) is 0 Å². The molecule has 0 saturated heterocycles. The van der Waals surface area contributed by atoms with Crippen LogP contribution in [0.25, 0.3) is 0 Å². The van der Waals surface area contributed by atoms with E-state index in [1.165, 1.54) is 17.8 Å². The van der Waals surface area contributed by atoms with Gasteiger partial charge in [-0.15, -0.1) is 0 Å². The van der Waals surface area contributed by atoms with Gasteiger partial charge in [-0.25, -0.2) is 9.13 Å². The van der Waals surface area contributed by atoms with Crippen molar-refractivity contribution in [1.29, 1.82) is 0 Å². The van der Waals surface area contributed by atoms with Crippen molar-refractivity contribution in [3.63, 3.8) is 0 Å². The Labute approximate surface area is 175 Å². The Kier molecular flexibility index (Phi) is 7.52. The Hall–Kier alpha value is -1.69. The van der Waals surface area contributed by atoms with Gasteiger partial charge in [0, 0.05) is 0 Å². The van der Waals surface area contributed by atoms with Crippen LogP contribution in [0.4, 0.5) is 82.3 Å². The van der Waals surface area contributed by atoms with Gasteiger partial charge in [0.05, 0.1) is 20.0 Å². The molecule has 0 unspecified atom stereocenters. The molecule has 0 N–H and O–H groups in total. The molecule has 2 nitrogen and oxygen atoms in total. The third-order valence-electron chi connectivity index (χ3n) is 3.51. The second kappa shape index (κ2) is 7.91. The summed E-state index contributed by atoms with van der Waals surface area (Å²) in [6.45, 7) is -1.15. The predicted octanol–water partition coefficient (Wildman–Crippen LogP) is 7.82. The van der Waals surface area contributed by atoms with Crippen LogP contribution in [0.2, 0.25) is 0 Å². The summed E-state index contributed by atoms with van der Waals surface area (Å²) in [5, 5.41) is 0. The van der Waals surface area contributed by atoms with Crippen molar-refractivity contribution in [2.45, 2.75) is 48.8 Å². The first-order valence-corrected chi connectivity index (χ1v) is 9.73. The van der Waals surface area contributed by atoms with Crippen LogP contribution in [0.1, 0.15) is 6.42 Å². The van der Waals surface area contributed by atoms with Crippen LogP contribution in [0, 0.1) is 0 Å². The van der Waals surface area contributed by atoms with Crippen LogP contribution in [-0.2, 0) is 13.6 Å². The van der Waals surface area contributed by atoms with Gasteiger partial charge in [-0.3, -0.25) is 0 Å². The number of imidazole rings is 1. The molecule has 0 fully saturated rings. The van der Waals surface area contributed by atoms with Crippen molar-refractivity contribution in [1.82, 2.24) is 4.57 Å². The van der Waals surface area contributed by atoms with E-state index in [4.69, 9.17) is 0 Å². The van der Waals surface area contributed by atoms with Crippen molar-refractivity contribution < 1.29 is 86.8 Å². The quantitative estimate of drug-likeness (QED) is 0.179. The molecule has 0 aliphatic heterocycles. The molecule has 0 aliphatic carbocycles. The maximum atomic E-state index is 13.5. The van der Waals surface area contributed by atoms with E-state index in [1.54, 1.807) is 0 Å². The van der Waals surface area contributed by atoms with Gasteiger partial charge in [-0.2, -0.15) is 57.1 Å². The topological polar surface area (TPSA) is 8.81 Å². The average Bonchev–Trinajstić information content (AvgIpc) is 2.93. The van der Waals surface area contributed by atoms with Crippen molar-refractivity contribution >= 4 is 7.81 Å². The van der Waals surface area contributed by atoms with Gasteiger partial charge in [0.2, 0.25) is 6.33 Å². The molecule has 22 heteroatoms. The monoisotopic (exact) mass is 574 g/mol. The fourth-order valence-electron chi connectivity index (χ4n) is 1.86. The summed E-state index contributed by atoms with van der Waals surface area (Å²) in [5.41, 5.74) is 0. The molecule has 0 aliphatic rings. The van der Waals surface area contributed by atoms with Gasteiger partial charge in [-0.1, -0.05) is 0 Å². The molecule has 206 valence electrons. The zero-order valence-electron chi connectivity index (χ0n) is 15.7. The Bertz CT molecular complexity index is 835. The minimum atomic E-state index is -10.7. The van der Waals surface area contributed by atoms with E-state index in [0.29, 0.717) is 0 Å². The predicted molar refractivity (Wildman–Crippen MR) is 74.6 cm³/mol. The van der Waals surface area contributed by atoms with E-state index in [1.807, 2.05) is 0 Å². The minimum absolute atomic E-state index is 0.741. The van der Waals surface area contributed by atoms with Crippen LogP contribution in [0.5, 0.6) is 0 Å². The Balaban J connectivity index is 0.00000135. The van der Waals surface area contributed by atoms with Gasteiger partial charge in [0.1, 0.15) is 12.4 Å². The van der Waals surface area contributed by atoms with Gasteiger partial charge >= 0.3 is 68.8 Å². The van der Waals surface area contributed by atoms with Crippen LogP contribution in [0.15, 0.2) is 18.7 Å². The molecule has 1 heterocycles. The summed E-state index contributed by atoms with van der Waals surface area (Å²) in [7, 11) is -9.31. The molecule has 0 amide bonds. The molecule has 0 bridgehead atoms. The SMILES string of the molecule is C[n+]1ccn(CCC(F)(F)C(F)(F)C(F)(F)C(F)(F)C(F)(F)C(F)(F)F)c1.F[P-](F)(F)(F)(F)F. The third-order valence-corrected chi connectivity index (χ3v) is 3.51. The number of aromatic nitrogens is 2. The summed E-state index contributed by atoms with van der Waals surface area (Å²) in [5.74, 6) is -36.6. The van der Waals surface area contributed by atoms with E-state index in [2.05, 4.69) is 0 Å². The second-order valence-corrected chi connectivity index (χ2v) is 8.44. The molecule has 1 aromatic heterocycles. The first-order chi connectivity index (χ1) is 14.2. The van der Waals surface area contributed by atoms with Gasteiger partial charge in [0.25, 0.3) is 0 Å². The van der Waals surface area contributed by atoms with Gasteiger partial charge < -0.3 is 0 Å². The zero-order valence-corrected chi connectivity index (χ0v) is 16.6. The van der Waals surface area contributed by atoms with Crippen LogP contribution < -0.4 is 4.57 Å². The van der Waals surface area contributed by atoms with E-state index < -0.39 is 56.6 Å². The van der Waals surface area contributed by atoms with Crippen LogP contribution >= 0.6 is 7.81 Å². The van der Waals surface area contributed by atoms with Crippen LogP contribution in [-0.4, -0.2) is 40.4 Å². The van der Waals surface area contributed by atoms with E-state index >= 15 is 0 Å². The molecule has 1 aromatic rings. The molecule has 0 spiro atoms. The summed E-state index contributed by atoms with van der Waals surface area (Å²) in [6, 6.07) is 0. The molecule has 0 radical (unpaired) electrons. The molecular weight excluding hydrogens is 564 g/mol. The van der Waals surface area contributed by atoms with E-state index in [9.17, 15) is 82.3 Å². The van der Waals surface area contributed by atoms with Crippen molar-refractivity contribution in [2.75, 3.05) is 0 Å². The number of aryl methyl sites for hydroxylation is 2. The standard InChI is InChI=1S/C12H10F13N2.F6P/c1-26-4-5-27(6-26)3-2-7(13,14)8(15,16)9(17,18)10(19,20)11(21,22)12(23,24)25;1-7(2,3,4,5)6/h4-6H,2-3H2,1H3;/q+1;-1. The normalized spacial score (nSPS) is 16.9. The second-order valence-electron chi connectivity index (χ2n) is 6.53. The van der Waals surface area contributed by atoms with Crippen molar-refractivity contribution in [2.24, 2.45) is 7.05 Å². The molecule has 0 atom stereocenters.